The number of nitrogens with zero attached hydrogens (tertiary/aromatic N) is 2. The maximum absolute atomic E-state index is 10.6. The number of fused-ring (bicyclic) bond motifs is 1. The van der Waals surface area contributed by atoms with Gasteiger partial charge in [-0.15, -0.1) is 0 Å². The van der Waals surface area contributed by atoms with Crippen LogP contribution >= 0.6 is 0 Å². The van der Waals surface area contributed by atoms with Gasteiger partial charge in [0.1, 0.15) is 29.4 Å². The summed E-state index contributed by atoms with van der Waals surface area (Å²) in [5.41, 5.74) is 11.2. The highest BCUT2D eigenvalue weighted by atomic mass is 35.5. The molecule has 0 bridgehead atoms. The van der Waals surface area contributed by atoms with E-state index in [0.717, 1.165) is 11.0 Å². The van der Waals surface area contributed by atoms with E-state index < -0.39 is 6.10 Å². The smallest absolute Gasteiger partial charge is 0.356 e. The molecule has 4 rings (SSSR count). The summed E-state index contributed by atoms with van der Waals surface area (Å²) < 4.78 is 9.39. The molecule has 0 amide bonds. The number of aliphatic hydroxyl groups excluding tert-OH is 1. The molecule has 4 aromatic rings. The Balaban J connectivity index is 0.00000256. The molecule has 158 valence electrons. The van der Waals surface area contributed by atoms with Gasteiger partial charge in [-0.05, 0) is 40.8 Å². The Morgan fingerprint density at radius 2 is 1.73 bits per heavy atom. The van der Waals surface area contributed by atoms with E-state index in [9.17, 15) is 5.11 Å². The third-order valence-corrected chi connectivity index (χ3v) is 5.40. The van der Waals surface area contributed by atoms with Crippen LogP contribution in [0.1, 0.15) is 43.8 Å². The summed E-state index contributed by atoms with van der Waals surface area (Å²) in [6, 6.07) is 20.3. The molecule has 1 unspecified atom stereocenters. The van der Waals surface area contributed by atoms with Crippen molar-refractivity contribution < 1.29 is 26.5 Å². The number of hydrogen-bond acceptors (Lipinski definition) is 3. The van der Waals surface area contributed by atoms with Gasteiger partial charge in [0.05, 0.1) is 12.8 Å². The van der Waals surface area contributed by atoms with Crippen LogP contribution in [0.2, 0.25) is 0 Å². The van der Waals surface area contributed by atoms with Gasteiger partial charge >= 0.3 is 5.95 Å². The minimum atomic E-state index is -0.761. The van der Waals surface area contributed by atoms with Crippen molar-refractivity contribution in [1.82, 2.24) is 4.57 Å². The molecule has 0 saturated carbocycles. The molecule has 0 spiro atoms. The lowest BCUT2D eigenvalue weighted by atomic mass is 9.87. The SMILES string of the molecule is CC(C)(C)c1ccc(C[n+]2c(N)n(CC(O)c3ccco3)c3ccccc32)cc1.[Cl-]. The molecule has 0 aliphatic rings. The first-order valence-electron chi connectivity index (χ1n) is 9.92. The number of halogens is 1. The van der Waals surface area contributed by atoms with Crippen molar-refractivity contribution in [3.63, 3.8) is 0 Å². The Labute approximate surface area is 183 Å². The van der Waals surface area contributed by atoms with E-state index in [1.807, 2.05) is 22.8 Å². The molecule has 3 N–H and O–H groups in total. The number of aromatic nitrogens is 2. The van der Waals surface area contributed by atoms with Gasteiger partial charge in [-0.3, -0.25) is 5.73 Å². The standard InChI is InChI=1S/C24H27N3O2.ClH/c1-24(2,3)18-12-10-17(11-13-18)15-26-19-7-4-5-8-20(19)27(23(26)25)16-21(28)22-9-6-14-29-22;/h4-14,21,25,28H,15-16H2,1-3H3;1H. The van der Waals surface area contributed by atoms with Crippen molar-refractivity contribution in [2.24, 2.45) is 0 Å². The molecule has 6 heteroatoms. The number of imidazole rings is 1. The van der Waals surface area contributed by atoms with Crippen molar-refractivity contribution in [2.75, 3.05) is 5.73 Å². The number of anilines is 1. The molecule has 1 atom stereocenters. The van der Waals surface area contributed by atoms with Crippen molar-refractivity contribution in [3.05, 3.63) is 83.8 Å². The van der Waals surface area contributed by atoms with Crippen LogP contribution in [0.25, 0.3) is 11.0 Å². The molecule has 0 fully saturated rings. The lowest BCUT2D eigenvalue weighted by Gasteiger charge is -2.19. The van der Waals surface area contributed by atoms with E-state index >= 15 is 0 Å². The van der Waals surface area contributed by atoms with Gasteiger partial charge in [0.15, 0.2) is 0 Å². The summed E-state index contributed by atoms with van der Waals surface area (Å²) in [4.78, 5) is 0. The maximum atomic E-state index is 10.6. The number of hydrogen-bond donors (Lipinski definition) is 2. The number of rotatable bonds is 5. The molecular weight excluding hydrogens is 398 g/mol. The summed E-state index contributed by atoms with van der Waals surface area (Å²) in [7, 11) is 0. The predicted molar refractivity (Wildman–Crippen MR) is 114 cm³/mol. The zero-order chi connectivity index (χ0) is 20.6. The number of aliphatic hydroxyl groups is 1. The second-order valence-electron chi connectivity index (χ2n) is 8.52. The highest BCUT2D eigenvalue weighted by Crippen LogP contribution is 2.24. The van der Waals surface area contributed by atoms with E-state index in [-0.39, 0.29) is 17.8 Å². The van der Waals surface area contributed by atoms with Crippen molar-refractivity contribution in [3.8, 4) is 0 Å². The quantitative estimate of drug-likeness (QED) is 0.472. The van der Waals surface area contributed by atoms with Gasteiger partial charge in [-0.25, -0.2) is 9.13 Å². The molecule has 2 aromatic heterocycles. The van der Waals surface area contributed by atoms with Crippen molar-refractivity contribution >= 4 is 17.0 Å². The van der Waals surface area contributed by atoms with E-state index in [2.05, 4.69) is 55.7 Å². The summed E-state index contributed by atoms with van der Waals surface area (Å²) in [6.07, 6.45) is 0.805. The van der Waals surface area contributed by atoms with Crippen LogP contribution in [0.3, 0.4) is 0 Å². The average Bonchev–Trinajstić information content (AvgIpc) is 3.31. The first-order valence-corrected chi connectivity index (χ1v) is 9.92. The third-order valence-electron chi connectivity index (χ3n) is 5.40. The normalized spacial score (nSPS) is 12.7. The maximum Gasteiger partial charge on any atom is 0.356 e. The minimum absolute atomic E-state index is 0. The Morgan fingerprint density at radius 3 is 2.37 bits per heavy atom. The van der Waals surface area contributed by atoms with Gasteiger partial charge < -0.3 is 21.9 Å². The van der Waals surface area contributed by atoms with Gasteiger partial charge in [0, 0.05) is 0 Å². The summed E-state index contributed by atoms with van der Waals surface area (Å²) >= 11 is 0. The highest BCUT2D eigenvalue weighted by molar-refractivity contribution is 5.74. The van der Waals surface area contributed by atoms with E-state index in [0.29, 0.717) is 24.8 Å². The lowest BCUT2D eigenvalue weighted by Crippen LogP contribution is -3.00. The Bertz CT molecular complexity index is 1110. The molecule has 2 heterocycles. The molecule has 2 aromatic carbocycles. The summed E-state index contributed by atoms with van der Waals surface area (Å²) in [6.45, 7) is 7.64. The minimum Gasteiger partial charge on any atom is -1.00 e. The number of furan rings is 1. The molecule has 0 aliphatic heterocycles. The number of para-hydroxylation sites is 2. The van der Waals surface area contributed by atoms with Crippen molar-refractivity contribution in [2.45, 2.75) is 45.4 Å². The average molecular weight is 426 g/mol. The van der Waals surface area contributed by atoms with E-state index in [1.165, 1.54) is 11.1 Å². The molecular formula is C24H28ClN3O2. The topological polar surface area (TPSA) is 68.2 Å². The monoisotopic (exact) mass is 425 g/mol. The number of benzene rings is 2. The second kappa shape index (κ2) is 8.54. The Kier molecular flexibility index (Phi) is 6.25. The Morgan fingerprint density at radius 1 is 1.03 bits per heavy atom. The van der Waals surface area contributed by atoms with Gasteiger partial charge in [-0.1, -0.05) is 57.2 Å². The first kappa shape index (κ1) is 21.9. The molecule has 0 radical (unpaired) electrons. The molecule has 5 nitrogen and oxygen atoms in total. The largest absolute Gasteiger partial charge is 1.00 e. The number of nitrogen functional groups attached to an aromatic ring is 1. The van der Waals surface area contributed by atoms with E-state index in [4.69, 9.17) is 10.2 Å². The molecule has 30 heavy (non-hydrogen) atoms. The van der Waals surface area contributed by atoms with Crippen LogP contribution in [0, 0.1) is 0 Å². The number of nitrogens with two attached hydrogens (primary N) is 1. The van der Waals surface area contributed by atoms with Crippen LogP contribution < -0.4 is 22.7 Å². The molecule has 0 saturated heterocycles. The summed E-state index contributed by atoms with van der Waals surface area (Å²) in [5.74, 6) is 1.14. The van der Waals surface area contributed by atoms with Crippen LogP contribution in [0.15, 0.2) is 71.3 Å². The van der Waals surface area contributed by atoms with Crippen LogP contribution in [0.4, 0.5) is 5.95 Å². The first-order chi connectivity index (χ1) is 13.8. The van der Waals surface area contributed by atoms with Crippen molar-refractivity contribution in [1.29, 1.82) is 0 Å². The fraction of sp³-hybridized carbons (Fsp3) is 0.292. The Hall–Kier alpha value is -2.76. The van der Waals surface area contributed by atoms with Gasteiger partial charge in [0.25, 0.3) is 0 Å². The second-order valence-corrected chi connectivity index (χ2v) is 8.52. The summed E-state index contributed by atoms with van der Waals surface area (Å²) in [5, 5.41) is 10.6. The predicted octanol–water partition coefficient (Wildman–Crippen LogP) is 1.19. The van der Waals surface area contributed by atoms with Crippen LogP contribution in [-0.4, -0.2) is 9.67 Å². The zero-order valence-corrected chi connectivity index (χ0v) is 18.3. The van der Waals surface area contributed by atoms with Gasteiger partial charge in [0.2, 0.25) is 0 Å². The molecule has 0 aliphatic carbocycles. The zero-order valence-electron chi connectivity index (χ0n) is 17.5. The fourth-order valence-electron chi connectivity index (χ4n) is 3.71. The van der Waals surface area contributed by atoms with Gasteiger partial charge in [-0.2, -0.15) is 0 Å². The van der Waals surface area contributed by atoms with Crippen LogP contribution in [-0.2, 0) is 18.5 Å². The highest BCUT2D eigenvalue weighted by Gasteiger charge is 2.24. The van der Waals surface area contributed by atoms with E-state index in [1.54, 1.807) is 18.4 Å². The lowest BCUT2D eigenvalue weighted by molar-refractivity contribution is -0.648. The van der Waals surface area contributed by atoms with Crippen LogP contribution in [0.5, 0.6) is 0 Å². The fourth-order valence-corrected chi connectivity index (χ4v) is 3.71. The third kappa shape index (κ3) is 4.23.